The van der Waals surface area contributed by atoms with Gasteiger partial charge in [0.15, 0.2) is 0 Å². The van der Waals surface area contributed by atoms with Crippen molar-refractivity contribution in [1.82, 2.24) is 10.2 Å². The summed E-state index contributed by atoms with van der Waals surface area (Å²) in [5, 5.41) is 10.2. The second-order valence-corrected chi connectivity index (χ2v) is 5.52. The van der Waals surface area contributed by atoms with Gasteiger partial charge in [-0.1, -0.05) is 29.5 Å². The molecule has 1 aromatic carbocycles. The maximum Gasteiger partial charge on any atom is 0.148 e. The first-order valence-corrected chi connectivity index (χ1v) is 6.87. The van der Waals surface area contributed by atoms with Crippen molar-refractivity contribution < 1.29 is 0 Å². The summed E-state index contributed by atoms with van der Waals surface area (Å²) < 4.78 is 1.20. The Labute approximate surface area is 111 Å². The van der Waals surface area contributed by atoms with Gasteiger partial charge in [0.1, 0.15) is 10.0 Å². The number of hydrogen-bond donors (Lipinski definition) is 0. The largest absolute Gasteiger partial charge is 0.148 e. The highest BCUT2D eigenvalue weighted by Gasteiger charge is 2.08. The van der Waals surface area contributed by atoms with Crippen LogP contribution in [-0.4, -0.2) is 16.1 Å². The molecule has 0 saturated heterocycles. The summed E-state index contributed by atoms with van der Waals surface area (Å²) >= 11 is 9.58. The molecule has 0 amide bonds. The summed E-state index contributed by atoms with van der Waals surface area (Å²) in [5.41, 5.74) is 1.15. The lowest BCUT2D eigenvalue weighted by atomic mass is 10.2. The smallest absolute Gasteiger partial charge is 0.143 e. The molecule has 2 aromatic rings. The fraction of sp³-hybridized carbons (Fsp3) is 0.200. The van der Waals surface area contributed by atoms with Crippen LogP contribution in [0, 0.1) is 3.57 Å². The summed E-state index contributed by atoms with van der Waals surface area (Å²) in [5.74, 6) is 0.598. The normalized spacial score (nSPS) is 10.5. The molecule has 1 aromatic heterocycles. The molecule has 2 nitrogen and oxygen atoms in total. The lowest BCUT2D eigenvalue weighted by molar-refractivity contribution is 0.989. The molecule has 0 aliphatic heterocycles. The fourth-order valence-electron chi connectivity index (χ4n) is 1.18. The molecule has 0 aliphatic rings. The molecule has 2 rings (SSSR count). The van der Waals surface area contributed by atoms with Crippen molar-refractivity contribution in [3.05, 3.63) is 32.8 Å². The molecule has 0 unspecified atom stereocenters. The van der Waals surface area contributed by atoms with E-state index >= 15 is 0 Å². The number of aromatic nitrogens is 2. The summed E-state index contributed by atoms with van der Waals surface area (Å²) in [4.78, 5) is 0. The van der Waals surface area contributed by atoms with Crippen LogP contribution in [0.2, 0.25) is 0 Å². The Bertz CT molecular complexity index is 458. The van der Waals surface area contributed by atoms with E-state index in [2.05, 4.69) is 44.9 Å². The van der Waals surface area contributed by atoms with Crippen LogP contribution >= 0.6 is 45.5 Å². The van der Waals surface area contributed by atoms with Gasteiger partial charge in [0.2, 0.25) is 0 Å². The second kappa shape index (κ2) is 5.23. The highest BCUT2D eigenvalue weighted by Crippen LogP contribution is 2.27. The first kappa shape index (κ1) is 11.3. The molecule has 0 aliphatic carbocycles. The average Bonchev–Trinajstić information content (AvgIpc) is 2.68. The number of benzene rings is 1. The molecule has 78 valence electrons. The van der Waals surface area contributed by atoms with Gasteiger partial charge in [-0.15, -0.1) is 21.8 Å². The van der Waals surface area contributed by atoms with E-state index in [0.29, 0.717) is 5.88 Å². The van der Waals surface area contributed by atoms with Crippen molar-refractivity contribution in [2.75, 3.05) is 5.88 Å². The number of halogens is 2. The van der Waals surface area contributed by atoms with E-state index in [1.807, 2.05) is 12.1 Å². The van der Waals surface area contributed by atoms with Crippen LogP contribution in [0.5, 0.6) is 0 Å². The third kappa shape index (κ3) is 2.68. The van der Waals surface area contributed by atoms with Crippen LogP contribution in [0.15, 0.2) is 24.3 Å². The van der Waals surface area contributed by atoms with Gasteiger partial charge in [-0.05, 0) is 28.7 Å². The molecule has 5 heteroatoms. The van der Waals surface area contributed by atoms with E-state index in [9.17, 15) is 0 Å². The minimum Gasteiger partial charge on any atom is -0.143 e. The maximum atomic E-state index is 5.66. The molecule has 0 radical (unpaired) electrons. The zero-order valence-electron chi connectivity index (χ0n) is 7.78. The van der Waals surface area contributed by atoms with Crippen LogP contribution in [0.1, 0.15) is 5.01 Å². The van der Waals surface area contributed by atoms with Gasteiger partial charge < -0.3 is 0 Å². The zero-order valence-corrected chi connectivity index (χ0v) is 11.5. The van der Waals surface area contributed by atoms with E-state index in [0.717, 1.165) is 22.0 Å². The van der Waals surface area contributed by atoms with Gasteiger partial charge in [0.25, 0.3) is 0 Å². The van der Waals surface area contributed by atoms with Crippen molar-refractivity contribution in [2.24, 2.45) is 0 Å². The van der Waals surface area contributed by atoms with Gasteiger partial charge in [0, 0.05) is 21.4 Å². The van der Waals surface area contributed by atoms with Crippen molar-refractivity contribution in [3.8, 4) is 10.6 Å². The lowest BCUT2D eigenvalue weighted by Crippen LogP contribution is -1.83. The predicted molar refractivity (Wildman–Crippen MR) is 72.5 cm³/mol. The lowest BCUT2D eigenvalue weighted by Gasteiger charge is -1.97. The Morgan fingerprint density at radius 2 is 2.07 bits per heavy atom. The topological polar surface area (TPSA) is 25.8 Å². The summed E-state index contributed by atoms with van der Waals surface area (Å²) in [6.07, 6.45) is 0.794. The first-order valence-electron chi connectivity index (χ1n) is 4.44. The maximum absolute atomic E-state index is 5.66. The Hall–Kier alpha value is -0.200. The fourth-order valence-corrected chi connectivity index (χ4v) is 3.17. The number of alkyl halides is 1. The monoisotopic (exact) mass is 350 g/mol. The third-order valence-corrected chi connectivity index (χ3v) is 4.03. The van der Waals surface area contributed by atoms with E-state index < -0.39 is 0 Å². The molecule has 0 bridgehead atoms. The standard InChI is InChI=1S/C10H8ClIN2S/c11-6-5-9-13-14-10(15-9)7-3-1-2-4-8(7)12/h1-4H,5-6H2. The van der Waals surface area contributed by atoms with Gasteiger partial charge >= 0.3 is 0 Å². The Morgan fingerprint density at radius 1 is 1.27 bits per heavy atom. The molecular formula is C10H8ClIN2S. The first-order chi connectivity index (χ1) is 7.31. The molecule has 0 spiro atoms. The van der Waals surface area contributed by atoms with Gasteiger partial charge in [-0.3, -0.25) is 0 Å². The summed E-state index contributed by atoms with van der Waals surface area (Å²) in [6, 6.07) is 8.16. The molecule has 1 heterocycles. The minimum absolute atomic E-state index is 0.598. The third-order valence-electron chi connectivity index (χ3n) is 1.88. The number of nitrogens with zero attached hydrogens (tertiary/aromatic N) is 2. The molecule has 15 heavy (non-hydrogen) atoms. The quantitative estimate of drug-likeness (QED) is 0.624. The molecule has 0 atom stereocenters. The Morgan fingerprint density at radius 3 is 2.80 bits per heavy atom. The van der Waals surface area contributed by atoms with Crippen LogP contribution < -0.4 is 0 Å². The van der Waals surface area contributed by atoms with Gasteiger partial charge in [-0.25, -0.2) is 0 Å². The highest BCUT2D eigenvalue weighted by molar-refractivity contribution is 14.1. The van der Waals surface area contributed by atoms with Crippen molar-refractivity contribution in [2.45, 2.75) is 6.42 Å². The van der Waals surface area contributed by atoms with E-state index in [4.69, 9.17) is 11.6 Å². The average molecular weight is 351 g/mol. The molecular weight excluding hydrogens is 343 g/mol. The van der Waals surface area contributed by atoms with E-state index in [1.54, 1.807) is 11.3 Å². The SMILES string of the molecule is ClCCc1nnc(-c2ccccc2I)s1. The number of rotatable bonds is 3. The summed E-state index contributed by atoms with van der Waals surface area (Å²) in [6.45, 7) is 0. The van der Waals surface area contributed by atoms with Crippen LogP contribution in [0.4, 0.5) is 0 Å². The van der Waals surface area contributed by atoms with Crippen LogP contribution in [0.3, 0.4) is 0 Å². The van der Waals surface area contributed by atoms with Gasteiger partial charge in [-0.2, -0.15) is 0 Å². The molecule has 0 fully saturated rings. The van der Waals surface area contributed by atoms with Crippen molar-refractivity contribution >= 4 is 45.5 Å². The van der Waals surface area contributed by atoms with Gasteiger partial charge in [0.05, 0.1) is 0 Å². The minimum atomic E-state index is 0.598. The van der Waals surface area contributed by atoms with E-state index in [-0.39, 0.29) is 0 Å². The Balaban J connectivity index is 2.33. The van der Waals surface area contributed by atoms with Crippen LogP contribution in [0.25, 0.3) is 10.6 Å². The van der Waals surface area contributed by atoms with Crippen molar-refractivity contribution in [1.29, 1.82) is 0 Å². The van der Waals surface area contributed by atoms with Crippen molar-refractivity contribution in [3.63, 3.8) is 0 Å². The Kier molecular flexibility index (Phi) is 3.93. The second-order valence-electron chi connectivity index (χ2n) is 2.92. The van der Waals surface area contributed by atoms with Crippen LogP contribution in [-0.2, 0) is 6.42 Å². The number of aryl methyl sites for hydroxylation is 1. The summed E-state index contributed by atoms with van der Waals surface area (Å²) in [7, 11) is 0. The highest BCUT2D eigenvalue weighted by atomic mass is 127. The van der Waals surface area contributed by atoms with E-state index in [1.165, 1.54) is 3.57 Å². The molecule has 0 N–H and O–H groups in total. The predicted octanol–water partition coefficient (Wildman–Crippen LogP) is 3.59. The number of hydrogen-bond acceptors (Lipinski definition) is 3. The zero-order chi connectivity index (χ0) is 10.7. The molecule has 0 saturated carbocycles.